The number of hydrogen-bond donors (Lipinski definition) is 1. The lowest BCUT2D eigenvalue weighted by Crippen LogP contribution is -2.16. The molecule has 2 aliphatic heterocycles. The van der Waals surface area contributed by atoms with Gasteiger partial charge in [-0.1, -0.05) is 29.4 Å². The second-order valence-corrected chi connectivity index (χ2v) is 7.47. The largest absolute Gasteiger partial charge is 0.485 e. The molecule has 2 aliphatic rings. The van der Waals surface area contributed by atoms with Crippen LogP contribution in [0.15, 0.2) is 35.4 Å². The summed E-state index contributed by atoms with van der Waals surface area (Å²) >= 11 is 8.01. The van der Waals surface area contributed by atoms with E-state index < -0.39 is 0 Å². The molecular weight excluding hydrogens is 332 g/mol. The van der Waals surface area contributed by atoms with Crippen LogP contribution in [0.5, 0.6) is 5.75 Å². The summed E-state index contributed by atoms with van der Waals surface area (Å²) in [7, 11) is 0. The molecule has 6 heteroatoms. The number of rotatable bonds is 3. The van der Waals surface area contributed by atoms with E-state index in [1.165, 1.54) is 10.6 Å². The Balaban J connectivity index is 1.63. The molecule has 0 amide bonds. The maximum atomic E-state index is 6.18. The molecule has 2 aromatic rings. The quantitative estimate of drug-likeness (QED) is 0.831. The molecule has 1 fully saturated rings. The Hall–Kier alpha value is -1.43. The number of anilines is 1. The maximum Gasteiger partial charge on any atom is 0.171 e. The molecule has 3 heterocycles. The number of benzene rings is 1. The van der Waals surface area contributed by atoms with E-state index in [-0.39, 0.29) is 6.10 Å². The molecule has 23 heavy (non-hydrogen) atoms. The topological polar surface area (TPSA) is 43.4 Å². The van der Waals surface area contributed by atoms with Crippen LogP contribution in [-0.2, 0) is 4.74 Å². The van der Waals surface area contributed by atoms with Gasteiger partial charge in [0.2, 0.25) is 0 Å². The Morgan fingerprint density at radius 3 is 3.09 bits per heavy atom. The normalized spacial score (nSPS) is 22.7. The minimum absolute atomic E-state index is 0.0603. The van der Waals surface area contributed by atoms with Crippen molar-refractivity contribution in [1.82, 2.24) is 4.98 Å². The summed E-state index contributed by atoms with van der Waals surface area (Å²) in [4.78, 5) is 5.54. The highest BCUT2D eigenvalue weighted by Crippen LogP contribution is 2.41. The Bertz CT molecular complexity index is 735. The van der Waals surface area contributed by atoms with Crippen molar-refractivity contribution < 1.29 is 9.47 Å². The second kappa shape index (κ2) is 6.23. The van der Waals surface area contributed by atoms with Crippen molar-refractivity contribution in [1.29, 1.82) is 0 Å². The molecule has 1 saturated heterocycles. The fourth-order valence-corrected chi connectivity index (χ4v) is 3.97. The fourth-order valence-electron chi connectivity index (χ4n) is 2.81. The van der Waals surface area contributed by atoms with Gasteiger partial charge in [-0.3, -0.25) is 0 Å². The predicted octanol–water partition coefficient (Wildman–Crippen LogP) is 4.43. The van der Waals surface area contributed by atoms with Gasteiger partial charge in [-0.15, -0.1) is 0 Å². The standard InChI is InChI=1S/C17H17ClN2O2S/c1-10-20-14-3-2-11(7-16(14)23-10)12-6-15(17(18)19-8-12)22-13-4-5-21-9-13/h2-3,6-8,10,13,20H,4-5,9H2,1H3. The fraction of sp³-hybridized carbons (Fsp3) is 0.353. The highest BCUT2D eigenvalue weighted by Gasteiger charge is 2.20. The Labute approximate surface area is 144 Å². The van der Waals surface area contributed by atoms with E-state index in [0.29, 0.717) is 22.9 Å². The van der Waals surface area contributed by atoms with Crippen LogP contribution in [0.2, 0.25) is 5.15 Å². The third kappa shape index (κ3) is 3.13. The van der Waals surface area contributed by atoms with Crippen molar-refractivity contribution in [3.8, 4) is 16.9 Å². The summed E-state index contributed by atoms with van der Waals surface area (Å²) in [6.07, 6.45) is 2.74. The lowest BCUT2D eigenvalue weighted by molar-refractivity contribution is 0.141. The first kappa shape index (κ1) is 15.1. The summed E-state index contributed by atoms with van der Waals surface area (Å²) in [6, 6.07) is 8.36. The molecular formula is C17H17ClN2O2S. The third-order valence-corrected chi connectivity index (χ3v) is 5.31. The van der Waals surface area contributed by atoms with Crippen LogP contribution in [-0.4, -0.2) is 29.7 Å². The number of thioether (sulfide) groups is 1. The number of halogens is 1. The van der Waals surface area contributed by atoms with Crippen LogP contribution < -0.4 is 10.1 Å². The van der Waals surface area contributed by atoms with Crippen molar-refractivity contribution in [2.75, 3.05) is 18.5 Å². The van der Waals surface area contributed by atoms with Gasteiger partial charge in [0.05, 0.1) is 18.6 Å². The van der Waals surface area contributed by atoms with E-state index in [9.17, 15) is 0 Å². The van der Waals surface area contributed by atoms with E-state index >= 15 is 0 Å². The minimum Gasteiger partial charge on any atom is -0.485 e. The second-order valence-electron chi connectivity index (χ2n) is 5.73. The van der Waals surface area contributed by atoms with Gasteiger partial charge in [-0.2, -0.15) is 0 Å². The van der Waals surface area contributed by atoms with Crippen molar-refractivity contribution >= 4 is 29.1 Å². The van der Waals surface area contributed by atoms with Crippen LogP contribution in [0, 0.1) is 0 Å². The minimum atomic E-state index is 0.0603. The zero-order chi connectivity index (χ0) is 15.8. The molecule has 0 bridgehead atoms. The lowest BCUT2D eigenvalue weighted by Gasteiger charge is -2.14. The molecule has 2 atom stereocenters. The van der Waals surface area contributed by atoms with E-state index in [4.69, 9.17) is 21.1 Å². The number of nitrogens with one attached hydrogen (secondary N) is 1. The first-order valence-corrected chi connectivity index (χ1v) is 8.92. The predicted molar refractivity (Wildman–Crippen MR) is 93.5 cm³/mol. The summed E-state index contributed by atoms with van der Waals surface area (Å²) in [5.41, 5.74) is 3.31. The average molecular weight is 349 g/mol. The smallest absolute Gasteiger partial charge is 0.171 e. The highest BCUT2D eigenvalue weighted by atomic mass is 35.5. The SMILES string of the molecule is CC1Nc2ccc(-c3cnc(Cl)c(OC4CCOC4)c3)cc2S1. The number of ether oxygens (including phenoxy) is 2. The molecule has 1 N–H and O–H groups in total. The monoisotopic (exact) mass is 348 g/mol. The number of aromatic nitrogens is 1. The van der Waals surface area contributed by atoms with Gasteiger partial charge in [-0.05, 0) is 30.7 Å². The number of fused-ring (bicyclic) bond motifs is 1. The van der Waals surface area contributed by atoms with Crippen LogP contribution in [0.25, 0.3) is 11.1 Å². The maximum absolute atomic E-state index is 6.18. The van der Waals surface area contributed by atoms with Crippen molar-refractivity contribution in [3.63, 3.8) is 0 Å². The molecule has 0 saturated carbocycles. The summed E-state index contributed by atoms with van der Waals surface area (Å²) in [5.74, 6) is 0.624. The first-order chi connectivity index (χ1) is 11.2. The van der Waals surface area contributed by atoms with Crippen LogP contribution in [0.4, 0.5) is 5.69 Å². The van der Waals surface area contributed by atoms with Crippen LogP contribution in [0.3, 0.4) is 0 Å². The van der Waals surface area contributed by atoms with Crippen LogP contribution >= 0.6 is 23.4 Å². The Kier molecular flexibility index (Phi) is 4.09. The molecule has 120 valence electrons. The van der Waals surface area contributed by atoms with E-state index in [2.05, 4.69) is 35.4 Å². The molecule has 4 rings (SSSR count). The van der Waals surface area contributed by atoms with Gasteiger partial charge in [0.25, 0.3) is 0 Å². The van der Waals surface area contributed by atoms with E-state index in [1.54, 1.807) is 6.20 Å². The van der Waals surface area contributed by atoms with Gasteiger partial charge < -0.3 is 14.8 Å². The molecule has 0 aliphatic carbocycles. The average Bonchev–Trinajstić information content (AvgIpc) is 3.17. The molecule has 0 spiro atoms. The summed E-state index contributed by atoms with van der Waals surface area (Å²) in [6.45, 7) is 3.51. The van der Waals surface area contributed by atoms with Gasteiger partial charge >= 0.3 is 0 Å². The molecule has 4 nitrogen and oxygen atoms in total. The van der Waals surface area contributed by atoms with Gasteiger partial charge in [0.1, 0.15) is 6.10 Å². The van der Waals surface area contributed by atoms with E-state index in [1.807, 2.05) is 17.8 Å². The number of hydrogen-bond acceptors (Lipinski definition) is 5. The van der Waals surface area contributed by atoms with E-state index in [0.717, 1.165) is 24.2 Å². The van der Waals surface area contributed by atoms with Crippen LogP contribution in [0.1, 0.15) is 13.3 Å². The highest BCUT2D eigenvalue weighted by molar-refractivity contribution is 8.00. The molecule has 1 aromatic carbocycles. The van der Waals surface area contributed by atoms with Gasteiger partial charge in [0.15, 0.2) is 10.9 Å². The van der Waals surface area contributed by atoms with Gasteiger partial charge in [-0.25, -0.2) is 4.98 Å². The van der Waals surface area contributed by atoms with Crippen molar-refractivity contribution in [3.05, 3.63) is 35.6 Å². The number of nitrogens with zero attached hydrogens (tertiary/aromatic N) is 1. The lowest BCUT2D eigenvalue weighted by atomic mass is 10.1. The van der Waals surface area contributed by atoms with Crippen molar-refractivity contribution in [2.45, 2.75) is 29.7 Å². The van der Waals surface area contributed by atoms with Crippen molar-refractivity contribution in [2.24, 2.45) is 0 Å². The number of pyridine rings is 1. The zero-order valence-electron chi connectivity index (χ0n) is 12.7. The molecule has 0 radical (unpaired) electrons. The molecule has 1 aromatic heterocycles. The zero-order valence-corrected chi connectivity index (χ0v) is 14.3. The Morgan fingerprint density at radius 1 is 1.35 bits per heavy atom. The molecule has 2 unspecified atom stereocenters. The third-order valence-electron chi connectivity index (χ3n) is 3.97. The summed E-state index contributed by atoms with van der Waals surface area (Å²) in [5, 5.41) is 4.23. The summed E-state index contributed by atoms with van der Waals surface area (Å²) < 4.78 is 11.3. The van der Waals surface area contributed by atoms with Gasteiger partial charge in [0, 0.05) is 28.8 Å². The Morgan fingerprint density at radius 2 is 2.26 bits per heavy atom. The first-order valence-electron chi connectivity index (χ1n) is 7.66.